The first-order valence-electron chi connectivity index (χ1n) is 6.36. The van der Waals surface area contributed by atoms with E-state index in [0.29, 0.717) is 18.4 Å². The molecule has 8 heteroatoms. The smallest absolute Gasteiger partial charge is 0.273 e. The highest BCUT2D eigenvalue weighted by molar-refractivity contribution is 9.10. The van der Waals surface area contributed by atoms with Gasteiger partial charge in [-0.1, -0.05) is 15.9 Å². The van der Waals surface area contributed by atoms with Crippen molar-refractivity contribution < 1.29 is 14.5 Å². The van der Waals surface area contributed by atoms with Gasteiger partial charge in [0, 0.05) is 36.1 Å². The van der Waals surface area contributed by atoms with Gasteiger partial charge in [0.25, 0.3) is 5.69 Å². The molecule has 7 nitrogen and oxygen atoms in total. The maximum Gasteiger partial charge on any atom is 0.273 e. The van der Waals surface area contributed by atoms with Crippen LogP contribution < -0.4 is 5.32 Å². The summed E-state index contributed by atoms with van der Waals surface area (Å²) >= 11 is 3.27. The van der Waals surface area contributed by atoms with Gasteiger partial charge < -0.3 is 5.32 Å². The maximum atomic E-state index is 11.9. The fraction of sp³-hybridized carbons (Fsp3) is 0.385. The van der Waals surface area contributed by atoms with Crippen LogP contribution in [-0.2, 0) is 16.1 Å². The van der Waals surface area contributed by atoms with E-state index in [1.165, 1.54) is 13.1 Å². The Hall–Kier alpha value is -1.80. The summed E-state index contributed by atoms with van der Waals surface area (Å²) in [7, 11) is 1.44. The highest BCUT2D eigenvalue weighted by Crippen LogP contribution is 2.23. The van der Waals surface area contributed by atoms with Gasteiger partial charge in [0.2, 0.25) is 11.8 Å². The van der Waals surface area contributed by atoms with E-state index in [0.717, 1.165) is 9.37 Å². The molecule has 0 spiro atoms. The molecule has 0 aliphatic carbocycles. The Kier molecular flexibility index (Phi) is 4.69. The van der Waals surface area contributed by atoms with Gasteiger partial charge in [0.05, 0.1) is 11.0 Å². The number of likely N-dealkylation sites (N-methyl/N-ethyl adjacent to an activating group) is 1. The lowest BCUT2D eigenvalue weighted by molar-refractivity contribution is -0.385. The molecule has 1 N–H and O–H groups in total. The zero-order chi connectivity index (χ0) is 15.6. The Morgan fingerprint density at radius 3 is 2.86 bits per heavy atom. The summed E-state index contributed by atoms with van der Waals surface area (Å²) in [6, 6.07) is 4.17. The third kappa shape index (κ3) is 3.45. The molecule has 1 aliphatic heterocycles. The number of nitrogens with zero attached hydrogens (tertiary/aromatic N) is 2. The first-order valence-corrected chi connectivity index (χ1v) is 7.16. The van der Waals surface area contributed by atoms with Crippen molar-refractivity contribution in [3.05, 3.63) is 38.3 Å². The van der Waals surface area contributed by atoms with Gasteiger partial charge in [-0.05, 0) is 18.6 Å². The van der Waals surface area contributed by atoms with E-state index in [1.807, 2.05) is 0 Å². The molecule has 112 valence electrons. The number of hydrogen-bond acceptors (Lipinski definition) is 5. The highest BCUT2D eigenvalue weighted by Gasteiger charge is 2.31. The second-order valence-corrected chi connectivity index (χ2v) is 5.71. The lowest BCUT2D eigenvalue weighted by Crippen LogP contribution is -2.51. The molecular formula is C13H14BrN3O4. The summed E-state index contributed by atoms with van der Waals surface area (Å²) in [5.74, 6) is -0.504. The van der Waals surface area contributed by atoms with E-state index >= 15 is 0 Å². The fourth-order valence-electron chi connectivity index (χ4n) is 2.21. The van der Waals surface area contributed by atoms with Crippen LogP contribution in [0.4, 0.5) is 5.69 Å². The number of imide groups is 1. The lowest BCUT2D eigenvalue weighted by atomic mass is 10.0. The molecule has 1 aromatic rings. The zero-order valence-electron chi connectivity index (χ0n) is 11.3. The topological polar surface area (TPSA) is 92.6 Å². The highest BCUT2D eigenvalue weighted by atomic mass is 79.9. The largest absolute Gasteiger partial charge is 0.301 e. The van der Waals surface area contributed by atoms with Crippen molar-refractivity contribution in [1.29, 1.82) is 0 Å². The number of carbonyl (C=O) groups excluding carboxylic acids is 2. The molecule has 1 aliphatic rings. The van der Waals surface area contributed by atoms with Gasteiger partial charge >= 0.3 is 0 Å². The van der Waals surface area contributed by atoms with Crippen LogP contribution in [0.2, 0.25) is 0 Å². The molecule has 2 rings (SSSR count). The second kappa shape index (κ2) is 6.31. The Balaban J connectivity index is 2.10. The van der Waals surface area contributed by atoms with Gasteiger partial charge in [-0.15, -0.1) is 0 Å². The summed E-state index contributed by atoms with van der Waals surface area (Å²) in [4.78, 5) is 35.0. The number of carbonyl (C=O) groups is 2. The predicted octanol–water partition coefficient (Wildman–Crippen LogP) is 1.59. The summed E-state index contributed by atoms with van der Waals surface area (Å²) in [5.41, 5.74) is 0.486. The van der Waals surface area contributed by atoms with E-state index in [4.69, 9.17) is 0 Å². The summed E-state index contributed by atoms with van der Waals surface area (Å²) in [6.07, 6.45) is 0.699. The van der Waals surface area contributed by atoms with Crippen molar-refractivity contribution in [2.45, 2.75) is 25.4 Å². The van der Waals surface area contributed by atoms with Crippen molar-refractivity contribution in [3.63, 3.8) is 0 Å². The van der Waals surface area contributed by atoms with Crippen LogP contribution in [0, 0.1) is 10.1 Å². The molecule has 1 unspecified atom stereocenters. The van der Waals surface area contributed by atoms with E-state index < -0.39 is 11.0 Å². The van der Waals surface area contributed by atoms with Crippen molar-refractivity contribution in [3.8, 4) is 0 Å². The molecule has 1 aromatic carbocycles. The number of likely N-dealkylation sites (tertiary alicyclic amines) is 1. The standard InChI is InChI=1S/C13H14BrN3O4/c1-16-12(18)5-3-10(13(16)19)15-7-8-6-9(14)2-4-11(8)17(20)21/h2,4,6,10,15H,3,5,7H2,1H3. The zero-order valence-corrected chi connectivity index (χ0v) is 12.9. The van der Waals surface area contributed by atoms with Crippen molar-refractivity contribution in [2.75, 3.05) is 7.05 Å². The van der Waals surface area contributed by atoms with Crippen LogP contribution in [0.1, 0.15) is 18.4 Å². The molecule has 21 heavy (non-hydrogen) atoms. The first-order chi connectivity index (χ1) is 9.90. The van der Waals surface area contributed by atoms with Gasteiger partial charge in [0.15, 0.2) is 0 Å². The normalized spacial score (nSPS) is 19.0. The quantitative estimate of drug-likeness (QED) is 0.503. The second-order valence-electron chi connectivity index (χ2n) is 4.79. The van der Waals surface area contributed by atoms with Gasteiger partial charge in [0.1, 0.15) is 0 Å². The molecular weight excluding hydrogens is 342 g/mol. The summed E-state index contributed by atoms with van der Waals surface area (Å²) < 4.78 is 0.729. The third-order valence-corrected chi connectivity index (χ3v) is 3.92. The van der Waals surface area contributed by atoms with E-state index in [1.54, 1.807) is 12.1 Å². The van der Waals surface area contributed by atoms with E-state index in [9.17, 15) is 19.7 Å². The first kappa shape index (κ1) is 15.6. The number of amides is 2. The van der Waals surface area contributed by atoms with Crippen molar-refractivity contribution in [1.82, 2.24) is 10.2 Å². The van der Waals surface area contributed by atoms with Gasteiger partial charge in [-0.3, -0.25) is 24.6 Å². The van der Waals surface area contributed by atoms with Crippen LogP contribution >= 0.6 is 15.9 Å². The lowest BCUT2D eigenvalue weighted by Gasteiger charge is -2.28. The third-order valence-electron chi connectivity index (χ3n) is 3.43. The molecule has 1 atom stereocenters. The Morgan fingerprint density at radius 1 is 1.48 bits per heavy atom. The Bertz CT molecular complexity index is 605. The van der Waals surface area contributed by atoms with Crippen LogP contribution in [-0.4, -0.2) is 34.7 Å². The predicted molar refractivity (Wildman–Crippen MR) is 78.4 cm³/mol. The minimum Gasteiger partial charge on any atom is -0.301 e. The van der Waals surface area contributed by atoms with E-state index in [-0.39, 0.29) is 24.0 Å². The summed E-state index contributed by atoms with van der Waals surface area (Å²) in [6.45, 7) is 0.189. The monoisotopic (exact) mass is 355 g/mol. The minimum absolute atomic E-state index is 0.00149. The van der Waals surface area contributed by atoms with Crippen LogP contribution in [0.15, 0.2) is 22.7 Å². The number of rotatable bonds is 4. The molecule has 2 amide bonds. The number of nitro groups is 1. The summed E-state index contributed by atoms with van der Waals surface area (Å²) in [5, 5.41) is 14.0. The molecule has 0 radical (unpaired) electrons. The average Bonchev–Trinajstić information content (AvgIpc) is 2.44. The number of halogens is 1. The molecule has 1 fully saturated rings. The molecule has 1 heterocycles. The maximum absolute atomic E-state index is 11.9. The average molecular weight is 356 g/mol. The van der Waals surface area contributed by atoms with Crippen molar-refractivity contribution >= 4 is 33.4 Å². The minimum atomic E-state index is -0.494. The van der Waals surface area contributed by atoms with Crippen LogP contribution in [0.3, 0.4) is 0 Å². The molecule has 0 bridgehead atoms. The molecule has 1 saturated heterocycles. The van der Waals surface area contributed by atoms with Gasteiger partial charge in [-0.2, -0.15) is 0 Å². The van der Waals surface area contributed by atoms with E-state index in [2.05, 4.69) is 21.2 Å². The van der Waals surface area contributed by atoms with Crippen LogP contribution in [0.25, 0.3) is 0 Å². The number of nitro benzene ring substituents is 1. The number of piperidine rings is 1. The number of hydrogen-bond donors (Lipinski definition) is 1. The number of nitrogens with one attached hydrogen (secondary N) is 1. The Labute approximate surface area is 129 Å². The Morgan fingerprint density at radius 2 is 2.19 bits per heavy atom. The fourth-order valence-corrected chi connectivity index (χ4v) is 2.62. The van der Waals surface area contributed by atoms with Gasteiger partial charge in [-0.25, -0.2) is 0 Å². The molecule has 0 aromatic heterocycles. The SMILES string of the molecule is CN1C(=O)CCC(NCc2cc(Br)ccc2[N+](=O)[O-])C1=O. The number of benzene rings is 1. The van der Waals surface area contributed by atoms with Crippen LogP contribution in [0.5, 0.6) is 0 Å². The van der Waals surface area contributed by atoms with Crippen molar-refractivity contribution in [2.24, 2.45) is 0 Å². The molecule has 0 saturated carbocycles.